The van der Waals surface area contributed by atoms with Crippen molar-refractivity contribution in [3.05, 3.63) is 12.7 Å². The van der Waals surface area contributed by atoms with Gasteiger partial charge in [0.2, 0.25) is 0 Å². The van der Waals surface area contributed by atoms with Gasteiger partial charge in [-0.2, -0.15) is 39.2 Å². The van der Waals surface area contributed by atoms with Crippen molar-refractivity contribution in [3.8, 4) is 0 Å². The van der Waals surface area contributed by atoms with Crippen LogP contribution in [0.2, 0.25) is 0 Å². The molecule has 0 amide bonds. The van der Waals surface area contributed by atoms with Crippen LogP contribution in [-0.2, 0) is 33.9 Å². The molecule has 1 aliphatic rings. The highest BCUT2D eigenvalue weighted by molar-refractivity contribution is 7.87. The van der Waals surface area contributed by atoms with E-state index in [0.717, 1.165) is 6.42 Å². The number of carbonyl (C=O) groups excluding carboxylic acids is 2. The molecule has 0 aromatic carbocycles. The van der Waals surface area contributed by atoms with Crippen molar-refractivity contribution < 1.29 is 67.5 Å². The molecule has 192 valence electrons. The molecule has 0 bridgehead atoms. The monoisotopic (exact) mass is 518 g/mol. The minimum Gasteiger partial charge on any atom is -0.457 e. The Hall–Kier alpha value is -1.94. The standard InChI is InChI=1S/C17H21F7O8S/c1-2-12(25)32-15(16(20,21)22,13(26)31-11-7-4-3-5-8-11)30-10-6-9-14(18,19)17(23,24)33(27,28)29/h2,11H,1,3-10H2,(H,27,28,29). The first-order valence-corrected chi connectivity index (χ1v) is 10.8. The minimum atomic E-state index is -6.56. The van der Waals surface area contributed by atoms with E-state index in [1.165, 1.54) is 0 Å². The Morgan fingerprint density at radius 3 is 2.03 bits per heavy atom. The van der Waals surface area contributed by atoms with Gasteiger partial charge in [-0.1, -0.05) is 13.0 Å². The van der Waals surface area contributed by atoms with Crippen molar-refractivity contribution in [1.29, 1.82) is 0 Å². The molecular weight excluding hydrogens is 497 g/mol. The van der Waals surface area contributed by atoms with Gasteiger partial charge < -0.3 is 14.2 Å². The number of ether oxygens (including phenoxy) is 3. The smallest absolute Gasteiger partial charge is 0.457 e. The van der Waals surface area contributed by atoms with Crippen LogP contribution in [0.15, 0.2) is 12.7 Å². The average Bonchev–Trinajstić information content (AvgIpc) is 2.68. The maximum absolute atomic E-state index is 13.8. The first-order valence-electron chi connectivity index (χ1n) is 9.41. The summed E-state index contributed by atoms with van der Waals surface area (Å²) in [5.74, 6) is -13.8. The Morgan fingerprint density at radius 2 is 1.58 bits per heavy atom. The van der Waals surface area contributed by atoms with Crippen LogP contribution in [-0.4, -0.2) is 60.8 Å². The van der Waals surface area contributed by atoms with Crippen LogP contribution in [0.3, 0.4) is 0 Å². The predicted molar refractivity (Wildman–Crippen MR) is 94.7 cm³/mol. The minimum absolute atomic E-state index is 0.200. The van der Waals surface area contributed by atoms with E-state index >= 15 is 0 Å². The maximum atomic E-state index is 13.8. The van der Waals surface area contributed by atoms with Crippen LogP contribution in [0.1, 0.15) is 44.9 Å². The van der Waals surface area contributed by atoms with Gasteiger partial charge in [0, 0.05) is 12.5 Å². The fraction of sp³-hybridized carbons (Fsp3) is 0.765. The van der Waals surface area contributed by atoms with Gasteiger partial charge in [0.25, 0.3) is 0 Å². The molecule has 1 atom stereocenters. The highest BCUT2D eigenvalue weighted by Crippen LogP contribution is 2.42. The summed E-state index contributed by atoms with van der Waals surface area (Å²) < 4.78 is 137. The molecule has 0 aromatic rings. The van der Waals surface area contributed by atoms with Crippen molar-refractivity contribution >= 4 is 22.1 Å². The molecule has 1 saturated carbocycles. The van der Waals surface area contributed by atoms with Crippen molar-refractivity contribution in [1.82, 2.24) is 0 Å². The van der Waals surface area contributed by atoms with Crippen LogP contribution in [0.5, 0.6) is 0 Å². The van der Waals surface area contributed by atoms with E-state index in [9.17, 15) is 48.7 Å². The van der Waals surface area contributed by atoms with Crippen LogP contribution < -0.4 is 0 Å². The van der Waals surface area contributed by atoms with Crippen LogP contribution in [0.4, 0.5) is 30.7 Å². The number of alkyl halides is 7. The highest BCUT2D eigenvalue weighted by atomic mass is 32.2. The molecule has 0 spiro atoms. The zero-order valence-electron chi connectivity index (χ0n) is 16.9. The molecule has 8 nitrogen and oxygen atoms in total. The Morgan fingerprint density at radius 1 is 1.03 bits per heavy atom. The number of rotatable bonds is 11. The number of hydrogen-bond acceptors (Lipinski definition) is 7. The predicted octanol–water partition coefficient (Wildman–Crippen LogP) is 3.76. The van der Waals surface area contributed by atoms with Gasteiger partial charge in [0.15, 0.2) is 0 Å². The van der Waals surface area contributed by atoms with E-state index in [1.807, 2.05) is 0 Å². The first kappa shape index (κ1) is 29.1. The molecule has 1 unspecified atom stereocenters. The third-order valence-corrected chi connectivity index (χ3v) is 5.52. The summed E-state index contributed by atoms with van der Waals surface area (Å²) in [7, 11) is -6.56. The highest BCUT2D eigenvalue weighted by Gasteiger charge is 2.68. The fourth-order valence-corrected chi connectivity index (χ4v) is 3.30. The van der Waals surface area contributed by atoms with Gasteiger partial charge in [-0.25, -0.2) is 9.59 Å². The summed E-state index contributed by atoms with van der Waals surface area (Å²) in [5.41, 5.74) is 0. The summed E-state index contributed by atoms with van der Waals surface area (Å²) in [4.78, 5) is 23.8. The summed E-state index contributed by atoms with van der Waals surface area (Å²) in [5, 5.41) is -5.95. The lowest BCUT2D eigenvalue weighted by molar-refractivity contribution is -0.356. The fourth-order valence-electron chi connectivity index (χ4n) is 2.83. The third kappa shape index (κ3) is 6.79. The van der Waals surface area contributed by atoms with Gasteiger partial charge in [0.05, 0.1) is 6.61 Å². The largest absolute Gasteiger partial charge is 0.468 e. The van der Waals surface area contributed by atoms with Gasteiger partial charge in [-0.3, -0.25) is 4.55 Å². The summed E-state index contributed by atoms with van der Waals surface area (Å²) >= 11 is 0. The number of esters is 2. The summed E-state index contributed by atoms with van der Waals surface area (Å²) in [6.45, 7) is 1.34. The Kier molecular flexibility index (Phi) is 9.30. The molecule has 1 N–H and O–H groups in total. The van der Waals surface area contributed by atoms with Crippen molar-refractivity contribution in [2.75, 3.05) is 6.61 Å². The van der Waals surface area contributed by atoms with Crippen molar-refractivity contribution in [2.45, 2.75) is 74.2 Å². The normalized spacial score (nSPS) is 18.3. The number of halogens is 7. The molecule has 1 aliphatic carbocycles. The third-order valence-electron chi connectivity index (χ3n) is 4.57. The molecule has 1 rings (SSSR count). The van der Waals surface area contributed by atoms with Crippen LogP contribution in [0, 0.1) is 0 Å². The lowest BCUT2D eigenvalue weighted by Gasteiger charge is -2.34. The second-order valence-electron chi connectivity index (χ2n) is 7.05. The van der Waals surface area contributed by atoms with Gasteiger partial charge in [-0.15, -0.1) is 0 Å². The van der Waals surface area contributed by atoms with Gasteiger partial charge >= 0.3 is 45.2 Å². The molecule has 1 fully saturated rings. The second kappa shape index (κ2) is 10.5. The molecule has 0 saturated heterocycles. The summed E-state index contributed by atoms with van der Waals surface area (Å²) in [6, 6.07) is 0. The van der Waals surface area contributed by atoms with E-state index < -0.39 is 70.7 Å². The Bertz CT molecular complexity index is 822. The van der Waals surface area contributed by atoms with E-state index in [4.69, 9.17) is 9.29 Å². The number of carbonyl (C=O) groups is 2. The molecule has 16 heteroatoms. The van der Waals surface area contributed by atoms with Crippen LogP contribution >= 0.6 is 0 Å². The summed E-state index contributed by atoms with van der Waals surface area (Å²) in [6.07, 6.45) is -7.78. The second-order valence-corrected chi connectivity index (χ2v) is 8.52. The first-order chi connectivity index (χ1) is 14.9. The quantitative estimate of drug-likeness (QED) is 0.110. The average molecular weight is 518 g/mol. The lowest BCUT2D eigenvalue weighted by atomic mass is 9.98. The molecule has 0 aliphatic heterocycles. The van der Waals surface area contributed by atoms with Gasteiger partial charge in [0.1, 0.15) is 6.10 Å². The lowest BCUT2D eigenvalue weighted by Crippen LogP contribution is -2.59. The zero-order chi connectivity index (χ0) is 25.7. The zero-order valence-corrected chi connectivity index (χ0v) is 17.7. The molecule has 0 heterocycles. The molecule has 33 heavy (non-hydrogen) atoms. The Balaban J connectivity index is 3.07. The van der Waals surface area contributed by atoms with E-state index in [2.05, 4.69) is 16.1 Å². The van der Waals surface area contributed by atoms with E-state index in [-0.39, 0.29) is 18.9 Å². The molecular formula is C17H21F7O8S. The van der Waals surface area contributed by atoms with E-state index in [0.29, 0.717) is 12.8 Å². The van der Waals surface area contributed by atoms with Crippen molar-refractivity contribution in [3.63, 3.8) is 0 Å². The topological polar surface area (TPSA) is 116 Å². The SMILES string of the molecule is C=CC(=O)OC(OCCCC(F)(F)C(F)(F)S(=O)(=O)O)(C(=O)OC1CCCCC1)C(F)(F)F. The molecule has 0 aromatic heterocycles. The Labute approximate surface area is 183 Å². The van der Waals surface area contributed by atoms with Gasteiger partial charge in [-0.05, 0) is 32.1 Å². The number of hydrogen-bond donors (Lipinski definition) is 1. The van der Waals surface area contributed by atoms with Crippen LogP contribution in [0.25, 0.3) is 0 Å². The van der Waals surface area contributed by atoms with Crippen molar-refractivity contribution in [2.24, 2.45) is 0 Å². The molecule has 0 radical (unpaired) electrons. The van der Waals surface area contributed by atoms with E-state index in [1.54, 1.807) is 0 Å². The maximum Gasteiger partial charge on any atom is 0.468 e.